The van der Waals surface area contributed by atoms with Crippen molar-refractivity contribution in [2.24, 2.45) is 0 Å². The van der Waals surface area contributed by atoms with E-state index in [-0.39, 0.29) is 0 Å². The van der Waals surface area contributed by atoms with Gasteiger partial charge in [0.05, 0.1) is 24.8 Å². The van der Waals surface area contributed by atoms with Crippen molar-refractivity contribution in [3.05, 3.63) is 34.7 Å². The summed E-state index contributed by atoms with van der Waals surface area (Å²) in [6.07, 6.45) is 6.34. The molecule has 1 aromatic carbocycles. The van der Waals surface area contributed by atoms with Crippen LogP contribution in [0.1, 0.15) is 63.0 Å². The third-order valence-electron chi connectivity index (χ3n) is 3.90. The SMILES string of the molecule is [C-]#[N+]CCCCCOc1cc(C#CC)c(OCCCCCC#N)cc1C. The molecule has 4 nitrogen and oxygen atoms in total. The van der Waals surface area contributed by atoms with Gasteiger partial charge in [0.1, 0.15) is 11.5 Å². The lowest BCUT2D eigenvalue weighted by atomic mass is 10.1. The molecule has 0 spiro atoms. The van der Waals surface area contributed by atoms with Gasteiger partial charge >= 0.3 is 0 Å². The largest absolute Gasteiger partial charge is 0.493 e. The van der Waals surface area contributed by atoms with Crippen molar-refractivity contribution < 1.29 is 9.47 Å². The molecular formula is C22H28N2O2. The minimum atomic E-state index is 0.595. The van der Waals surface area contributed by atoms with Crippen LogP contribution in [0.2, 0.25) is 0 Å². The molecule has 138 valence electrons. The fourth-order valence-corrected chi connectivity index (χ4v) is 2.49. The molecule has 0 heterocycles. The van der Waals surface area contributed by atoms with Gasteiger partial charge < -0.3 is 14.3 Å². The van der Waals surface area contributed by atoms with E-state index in [1.165, 1.54) is 0 Å². The van der Waals surface area contributed by atoms with E-state index in [1.807, 2.05) is 26.0 Å². The van der Waals surface area contributed by atoms with Crippen LogP contribution in [0.25, 0.3) is 4.85 Å². The Bertz CT molecular complexity index is 687. The molecule has 1 rings (SSSR count). The van der Waals surface area contributed by atoms with Gasteiger partial charge in [-0.1, -0.05) is 5.92 Å². The quantitative estimate of drug-likeness (QED) is 0.291. The topological polar surface area (TPSA) is 46.6 Å². The van der Waals surface area contributed by atoms with Gasteiger partial charge in [-0.3, -0.25) is 0 Å². The van der Waals surface area contributed by atoms with Gasteiger partial charge in [-0.15, -0.1) is 5.92 Å². The highest BCUT2D eigenvalue weighted by molar-refractivity contribution is 5.53. The first-order valence-corrected chi connectivity index (χ1v) is 9.26. The predicted octanol–water partition coefficient (Wildman–Crippen LogP) is 5.30. The number of hydrogen-bond acceptors (Lipinski definition) is 3. The van der Waals surface area contributed by atoms with Crippen LogP contribution in [0.4, 0.5) is 0 Å². The van der Waals surface area contributed by atoms with Gasteiger partial charge in [0.2, 0.25) is 6.54 Å². The van der Waals surface area contributed by atoms with Crippen LogP contribution in [0, 0.1) is 36.7 Å². The van der Waals surface area contributed by atoms with Crippen LogP contribution in [0.3, 0.4) is 0 Å². The molecular weight excluding hydrogens is 324 g/mol. The van der Waals surface area contributed by atoms with E-state index in [9.17, 15) is 0 Å². The number of hydrogen-bond donors (Lipinski definition) is 0. The maximum Gasteiger partial charge on any atom is 0.214 e. The fraction of sp³-hybridized carbons (Fsp3) is 0.545. The van der Waals surface area contributed by atoms with E-state index in [0.29, 0.717) is 26.2 Å². The molecule has 1 aromatic rings. The molecule has 4 heteroatoms. The van der Waals surface area contributed by atoms with Crippen molar-refractivity contribution in [1.29, 1.82) is 5.26 Å². The van der Waals surface area contributed by atoms with Crippen LogP contribution >= 0.6 is 0 Å². The van der Waals surface area contributed by atoms with Crippen LogP contribution in [-0.4, -0.2) is 19.8 Å². The number of nitrogens with zero attached hydrogens (tertiary/aromatic N) is 2. The number of benzene rings is 1. The average molecular weight is 352 g/mol. The maximum absolute atomic E-state index is 8.55. The van der Waals surface area contributed by atoms with E-state index in [0.717, 1.165) is 61.2 Å². The molecule has 0 N–H and O–H groups in total. The normalized spacial score (nSPS) is 9.54. The minimum absolute atomic E-state index is 0.595. The number of rotatable bonds is 12. The van der Waals surface area contributed by atoms with Gasteiger partial charge in [0.15, 0.2) is 0 Å². The minimum Gasteiger partial charge on any atom is -0.493 e. The molecule has 0 atom stereocenters. The summed E-state index contributed by atoms with van der Waals surface area (Å²) in [7, 11) is 0. The van der Waals surface area contributed by atoms with Gasteiger partial charge in [-0.25, -0.2) is 6.57 Å². The Morgan fingerprint density at radius 1 is 1.00 bits per heavy atom. The van der Waals surface area contributed by atoms with Crippen LogP contribution < -0.4 is 9.47 Å². The van der Waals surface area contributed by atoms with Crippen LogP contribution in [-0.2, 0) is 0 Å². The fourth-order valence-electron chi connectivity index (χ4n) is 2.49. The molecule has 0 aliphatic rings. The smallest absolute Gasteiger partial charge is 0.214 e. The average Bonchev–Trinajstić information content (AvgIpc) is 2.64. The first-order chi connectivity index (χ1) is 12.7. The Morgan fingerprint density at radius 2 is 1.69 bits per heavy atom. The predicted molar refractivity (Wildman–Crippen MR) is 104 cm³/mol. The summed E-state index contributed by atoms with van der Waals surface area (Å²) in [6.45, 7) is 12.5. The standard InChI is InChI=1S/C22H28N2O2/c1-4-12-20-18-21(25-15-11-7-9-14-24-3)19(2)17-22(20)26-16-10-6-5-8-13-23/h17-18H,5-11,14-16H2,1-2H3. The van der Waals surface area contributed by atoms with Crippen molar-refractivity contribution in [2.75, 3.05) is 19.8 Å². The van der Waals surface area contributed by atoms with Crippen molar-refractivity contribution in [3.8, 4) is 29.4 Å². The van der Waals surface area contributed by atoms with E-state index in [4.69, 9.17) is 21.3 Å². The third kappa shape index (κ3) is 8.46. The monoisotopic (exact) mass is 352 g/mol. The highest BCUT2D eigenvalue weighted by atomic mass is 16.5. The van der Waals surface area contributed by atoms with E-state index >= 15 is 0 Å². The molecule has 0 bridgehead atoms. The van der Waals surface area contributed by atoms with Gasteiger partial charge in [0.25, 0.3) is 0 Å². The van der Waals surface area contributed by atoms with Crippen LogP contribution in [0.15, 0.2) is 12.1 Å². The third-order valence-corrected chi connectivity index (χ3v) is 3.90. The molecule has 0 saturated carbocycles. The number of unbranched alkanes of at least 4 members (excludes halogenated alkanes) is 5. The zero-order valence-corrected chi connectivity index (χ0v) is 15.9. The Morgan fingerprint density at radius 3 is 2.35 bits per heavy atom. The zero-order valence-electron chi connectivity index (χ0n) is 15.9. The molecule has 0 fully saturated rings. The lowest BCUT2D eigenvalue weighted by Gasteiger charge is -2.14. The van der Waals surface area contributed by atoms with E-state index < -0.39 is 0 Å². The summed E-state index contributed by atoms with van der Waals surface area (Å²) < 4.78 is 11.8. The maximum atomic E-state index is 8.55. The molecule has 0 aliphatic heterocycles. The molecule has 26 heavy (non-hydrogen) atoms. The second-order valence-electron chi connectivity index (χ2n) is 6.10. The molecule has 0 amide bonds. The molecule has 0 unspecified atom stereocenters. The van der Waals surface area contributed by atoms with Crippen molar-refractivity contribution in [1.82, 2.24) is 0 Å². The highest BCUT2D eigenvalue weighted by Crippen LogP contribution is 2.28. The van der Waals surface area contributed by atoms with Crippen molar-refractivity contribution in [2.45, 2.75) is 58.8 Å². The lowest BCUT2D eigenvalue weighted by molar-refractivity contribution is 0.295. The Balaban J connectivity index is 2.58. The Hall–Kier alpha value is -2.64. The first-order valence-electron chi connectivity index (χ1n) is 9.26. The van der Waals surface area contributed by atoms with Gasteiger partial charge in [0, 0.05) is 12.8 Å². The first kappa shape index (κ1) is 21.4. The lowest BCUT2D eigenvalue weighted by Crippen LogP contribution is -2.03. The van der Waals surface area contributed by atoms with E-state index in [1.54, 1.807) is 0 Å². The number of nitriles is 1. The molecule has 0 radical (unpaired) electrons. The number of ether oxygens (including phenoxy) is 2. The second kappa shape index (κ2) is 13.6. The zero-order chi connectivity index (χ0) is 19.0. The summed E-state index contributed by atoms with van der Waals surface area (Å²) >= 11 is 0. The highest BCUT2D eigenvalue weighted by Gasteiger charge is 2.09. The molecule has 0 aliphatic carbocycles. The summed E-state index contributed by atoms with van der Waals surface area (Å²) in [4.78, 5) is 3.36. The summed E-state index contributed by atoms with van der Waals surface area (Å²) in [6, 6.07) is 6.10. The van der Waals surface area contributed by atoms with E-state index in [2.05, 4.69) is 22.8 Å². The van der Waals surface area contributed by atoms with Crippen LogP contribution in [0.5, 0.6) is 11.5 Å². The van der Waals surface area contributed by atoms with Crippen molar-refractivity contribution in [3.63, 3.8) is 0 Å². The van der Waals surface area contributed by atoms with Crippen molar-refractivity contribution >= 4 is 0 Å². The second-order valence-corrected chi connectivity index (χ2v) is 6.10. The number of aryl methyl sites for hydroxylation is 1. The summed E-state index contributed by atoms with van der Waals surface area (Å²) in [5.74, 6) is 7.66. The van der Waals surface area contributed by atoms with Gasteiger partial charge in [-0.05, 0) is 63.6 Å². The summed E-state index contributed by atoms with van der Waals surface area (Å²) in [5.41, 5.74) is 1.88. The van der Waals surface area contributed by atoms with Gasteiger partial charge in [-0.2, -0.15) is 5.26 Å². The Kier molecular flexibility index (Phi) is 11.2. The Labute approximate surface area is 157 Å². The molecule has 0 aromatic heterocycles. The summed E-state index contributed by atoms with van der Waals surface area (Å²) in [5, 5.41) is 8.55. The molecule has 0 saturated heterocycles.